The van der Waals surface area contributed by atoms with Crippen molar-refractivity contribution in [2.45, 2.75) is 38.8 Å². The molecular weight excluding hydrogens is 328 g/mol. The molecule has 1 aromatic rings. The molecule has 0 bridgehead atoms. The number of hydrogen-bond donors (Lipinski definition) is 2. The minimum atomic E-state index is -1.03. The highest BCUT2D eigenvalue weighted by Crippen LogP contribution is 2.34. The zero-order valence-corrected chi connectivity index (χ0v) is 14.4. The van der Waals surface area contributed by atoms with Crippen LogP contribution < -0.4 is 15.4 Å². The number of carbonyl (C=O) groups is 3. The summed E-state index contributed by atoms with van der Waals surface area (Å²) < 4.78 is 10.6. The first-order chi connectivity index (χ1) is 11.6. The molecular formula is C17H22N2O6. The predicted octanol–water partition coefficient (Wildman–Crippen LogP) is 1.23. The second kappa shape index (κ2) is 7.10. The number of carbonyl (C=O) groups excluding carboxylic acids is 2. The number of anilines is 1. The van der Waals surface area contributed by atoms with Crippen molar-refractivity contribution < 1.29 is 29.0 Å². The number of nitrogens with zero attached hydrogens (tertiary/aromatic N) is 1. The number of hydrogen-bond acceptors (Lipinski definition) is 6. The predicted molar refractivity (Wildman–Crippen MR) is 89.3 cm³/mol. The van der Waals surface area contributed by atoms with Crippen LogP contribution in [0.4, 0.5) is 5.69 Å². The average Bonchev–Trinajstić information content (AvgIpc) is 2.50. The van der Waals surface area contributed by atoms with Crippen molar-refractivity contribution in [2.24, 2.45) is 5.73 Å². The lowest BCUT2D eigenvalue weighted by Crippen LogP contribution is -2.40. The summed E-state index contributed by atoms with van der Waals surface area (Å²) in [7, 11) is 0. The van der Waals surface area contributed by atoms with Crippen LogP contribution in [0.5, 0.6) is 5.75 Å². The van der Waals surface area contributed by atoms with E-state index in [0.717, 1.165) is 0 Å². The first-order valence-electron chi connectivity index (χ1n) is 7.86. The van der Waals surface area contributed by atoms with Crippen LogP contribution in [-0.4, -0.2) is 41.7 Å². The Kier molecular flexibility index (Phi) is 5.32. The fourth-order valence-corrected chi connectivity index (χ4v) is 2.37. The van der Waals surface area contributed by atoms with Gasteiger partial charge in [0.2, 0.25) is 0 Å². The van der Waals surface area contributed by atoms with Gasteiger partial charge in [0.1, 0.15) is 17.4 Å². The lowest BCUT2D eigenvalue weighted by atomic mass is 10.0. The Morgan fingerprint density at radius 3 is 2.68 bits per heavy atom. The standard InChI is InChI=1S/C17H22N2O6/c1-17(2,3)25-16(23)15(18)10-4-5-12-11(8-10)19(7-6-14(21)22)13(20)9-24-12/h4-5,8,15H,6-7,9,18H2,1-3H3,(H,21,22). The molecule has 25 heavy (non-hydrogen) atoms. The first-order valence-corrected chi connectivity index (χ1v) is 7.86. The van der Waals surface area contributed by atoms with Crippen LogP contribution in [-0.2, 0) is 19.1 Å². The van der Waals surface area contributed by atoms with Crippen LogP contribution >= 0.6 is 0 Å². The topological polar surface area (TPSA) is 119 Å². The quantitative estimate of drug-likeness (QED) is 0.766. The van der Waals surface area contributed by atoms with Crippen molar-refractivity contribution in [3.63, 3.8) is 0 Å². The van der Waals surface area contributed by atoms with E-state index in [1.54, 1.807) is 39.0 Å². The van der Waals surface area contributed by atoms with Crippen molar-refractivity contribution in [1.82, 2.24) is 0 Å². The lowest BCUT2D eigenvalue weighted by Gasteiger charge is -2.30. The van der Waals surface area contributed by atoms with Gasteiger partial charge in [0, 0.05) is 6.54 Å². The Balaban J connectivity index is 2.28. The lowest BCUT2D eigenvalue weighted by molar-refractivity contribution is -0.156. The van der Waals surface area contributed by atoms with Gasteiger partial charge < -0.3 is 25.2 Å². The highest BCUT2D eigenvalue weighted by atomic mass is 16.6. The number of carboxylic acid groups (broad SMARTS) is 1. The number of fused-ring (bicyclic) bond motifs is 1. The van der Waals surface area contributed by atoms with E-state index < -0.39 is 23.6 Å². The van der Waals surface area contributed by atoms with Crippen molar-refractivity contribution in [2.75, 3.05) is 18.1 Å². The molecule has 1 unspecified atom stereocenters. The third kappa shape index (κ3) is 4.69. The molecule has 136 valence electrons. The molecule has 1 amide bonds. The van der Waals surface area contributed by atoms with Crippen molar-refractivity contribution in [3.05, 3.63) is 23.8 Å². The van der Waals surface area contributed by atoms with Crippen LogP contribution in [0.25, 0.3) is 0 Å². The van der Waals surface area contributed by atoms with Gasteiger partial charge >= 0.3 is 11.9 Å². The third-order valence-corrected chi connectivity index (χ3v) is 3.50. The highest BCUT2D eigenvalue weighted by Gasteiger charge is 2.29. The number of carboxylic acids is 1. The summed E-state index contributed by atoms with van der Waals surface area (Å²) in [4.78, 5) is 36.3. The van der Waals surface area contributed by atoms with Gasteiger partial charge in [-0.1, -0.05) is 6.07 Å². The minimum absolute atomic E-state index is 0.00958. The smallest absolute Gasteiger partial charge is 0.328 e. The van der Waals surface area contributed by atoms with Crippen LogP contribution in [0.1, 0.15) is 38.8 Å². The zero-order valence-electron chi connectivity index (χ0n) is 14.4. The van der Waals surface area contributed by atoms with Gasteiger partial charge in [-0.2, -0.15) is 0 Å². The molecule has 2 rings (SSSR count). The molecule has 0 fully saturated rings. The SMILES string of the molecule is CC(C)(C)OC(=O)C(N)c1ccc2c(c1)N(CCC(=O)O)C(=O)CO2. The summed E-state index contributed by atoms with van der Waals surface area (Å²) in [5.41, 5.74) is 6.14. The van der Waals surface area contributed by atoms with E-state index in [1.807, 2.05) is 0 Å². The monoisotopic (exact) mass is 350 g/mol. The maximum Gasteiger partial charge on any atom is 0.328 e. The van der Waals surface area contributed by atoms with Gasteiger partial charge in [0.15, 0.2) is 6.61 Å². The molecule has 1 aromatic carbocycles. The molecule has 0 radical (unpaired) electrons. The zero-order chi connectivity index (χ0) is 18.8. The Labute approximate surface area is 145 Å². The van der Waals surface area contributed by atoms with Crippen molar-refractivity contribution in [3.8, 4) is 5.75 Å². The second-order valence-electron chi connectivity index (χ2n) is 6.72. The van der Waals surface area contributed by atoms with Gasteiger partial charge in [0.25, 0.3) is 5.91 Å². The van der Waals surface area contributed by atoms with E-state index in [9.17, 15) is 14.4 Å². The molecule has 3 N–H and O–H groups in total. The molecule has 0 saturated heterocycles. The number of esters is 1. The summed E-state index contributed by atoms with van der Waals surface area (Å²) in [5.74, 6) is -1.52. The molecule has 1 aliphatic heterocycles. The molecule has 8 nitrogen and oxygen atoms in total. The van der Waals surface area contributed by atoms with Gasteiger partial charge in [-0.3, -0.25) is 9.59 Å². The molecule has 1 aliphatic rings. The third-order valence-electron chi connectivity index (χ3n) is 3.50. The summed E-state index contributed by atoms with van der Waals surface area (Å²) in [6.45, 7) is 5.07. The fraction of sp³-hybridized carbons (Fsp3) is 0.471. The van der Waals surface area contributed by atoms with Crippen LogP contribution in [0, 0.1) is 0 Å². The number of nitrogens with two attached hydrogens (primary N) is 1. The number of rotatable bonds is 5. The van der Waals surface area contributed by atoms with E-state index in [-0.39, 0.29) is 25.5 Å². The van der Waals surface area contributed by atoms with E-state index in [1.165, 1.54) is 4.90 Å². The molecule has 1 heterocycles. The Morgan fingerprint density at radius 2 is 2.08 bits per heavy atom. The highest BCUT2D eigenvalue weighted by molar-refractivity contribution is 5.98. The van der Waals surface area contributed by atoms with Crippen LogP contribution in [0.2, 0.25) is 0 Å². The number of benzene rings is 1. The molecule has 8 heteroatoms. The molecule has 0 saturated carbocycles. The maximum absolute atomic E-state index is 12.2. The Hall–Kier alpha value is -2.61. The summed E-state index contributed by atoms with van der Waals surface area (Å²) in [6, 6.07) is 3.76. The Bertz CT molecular complexity index is 695. The summed E-state index contributed by atoms with van der Waals surface area (Å²) in [6.07, 6.45) is -0.201. The molecule has 0 aliphatic carbocycles. The van der Waals surface area contributed by atoms with E-state index in [2.05, 4.69) is 0 Å². The second-order valence-corrected chi connectivity index (χ2v) is 6.72. The van der Waals surface area contributed by atoms with Gasteiger partial charge in [-0.05, 0) is 38.5 Å². The largest absolute Gasteiger partial charge is 0.482 e. The molecule has 0 aromatic heterocycles. The van der Waals surface area contributed by atoms with Crippen molar-refractivity contribution >= 4 is 23.5 Å². The number of aliphatic carboxylic acids is 1. The first kappa shape index (κ1) is 18.7. The normalized spacial score (nSPS) is 15.2. The van der Waals surface area contributed by atoms with Crippen LogP contribution in [0.3, 0.4) is 0 Å². The maximum atomic E-state index is 12.2. The summed E-state index contributed by atoms with van der Waals surface area (Å²) >= 11 is 0. The van der Waals surface area contributed by atoms with Gasteiger partial charge in [-0.25, -0.2) is 4.79 Å². The Morgan fingerprint density at radius 1 is 1.40 bits per heavy atom. The minimum Gasteiger partial charge on any atom is -0.482 e. The van der Waals surface area contributed by atoms with E-state index >= 15 is 0 Å². The van der Waals surface area contributed by atoms with E-state index in [0.29, 0.717) is 17.0 Å². The van der Waals surface area contributed by atoms with E-state index in [4.69, 9.17) is 20.3 Å². The molecule has 1 atom stereocenters. The summed E-state index contributed by atoms with van der Waals surface area (Å²) in [5, 5.41) is 8.85. The number of amides is 1. The fourth-order valence-electron chi connectivity index (χ4n) is 2.37. The molecule has 0 spiro atoms. The van der Waals surface area contributed by atoms with Gasteiger partial charge in [-0.15, -0.1) is 0 Å². The average molecular weight is 350 g/mol. The van der Waals surface area contributed by atoms with Crippen molar-refractivity contribution in [1.29, 1.82) is 0 Å². The van der Waals surface area contributed by atoms with Crippen LogP contribution in [0.15, 0.2) is 18.2 Å². The number of ether oxygens (including phenoxy) is 2. The van der Waals surface area contributed by atoms with Gasteiger partial charge in [0.05, 0.1) is 12.1 Å².